The molecular formula is C12H13N5O3. The largest absolute Gasteiger partial charge is 0.480 e. The number of nitrogens with zero attached hydrogens (tertiary/aromatic N) is 4. The fraction of sp³-hybridized carbons (Fsp3) is 0.250. The molecule has 0 aliphatic heterocycles. The van der Waals surface area contributed by atoms with Crippen LogP contribution in [-0.2, 0) is 4.79 Å². The van der Waals surface area contributed by atoms with Crippen molar-refractivity contribution in [1.82, 2.24) is 25.5 Å². The smallest absolute Gasteiger partial charge is 0.323 e. The van der Waals surface area contributed by atoms with Crippen molar-refractivity contribution < 1.29 is 14.7 Å². The summed E-state index contributed by atoms with van der Waals surface area (Å²) in [6, 6.07) is 6.66. The van der Waals surface area contributed by atoms with Crippen molar-refractivity contribution in [3.63, 3.8) is 0 Å². The summed E-state index contributed by atoms with van der Waals surface area (Å²) >= 11 is 0. The van der Waals surface area contributed by atoms with E-state index in [2.05, 4.69) is 20.6 Å². The average molecular weight is 275 g/mol. The van der Waals surface area contributed by atoms with Crippen molar-refractivity contribution in [1.29, 1.82) is 0 Å². The summed E-state index contributed by atoms with van der Waals surface area (Å²) in [6.45, 7) is 1.71. The maximum atomic E-state index is 12.2. The van der Waals surface area contributed by atoms with Crippen molar-refractivity contribution in [2.24, 2.45) is 0 Å². The van der Waals surface area contributed by atoms with Crippen LogP contribution in [0.4, 0.5) is 0 Å². The van der Waals surface area contributed by atoms with Gasteiger partial charge in [-0.1, -0.05) is 12.1 Å². The normalized spacial score (nSPS) is 10.2. The molecule has 0 unspecified atom stereocenters. The predicted molar refractivity (Wildman–Crippen MR) is 68.8 cm³/mol. The van der Waals surface area contributed by atoms with Gasteiger partial charge in [-0.05, 0) is 24.3 Å². The van der Waals surface area contributed by atoms with E-state index in [9.17, 15) is 9.59 Å². The molecule has 2 N–H and O–H groups in total. The fourth-order valence-corrected chi connectivity index (χ4v) is 1.75. The van der Waals surface area contributed by atoms with Gasteiger partial charge in [-0.2, -0.15) is 5.21 Å². The predicted octanol–water partition coefficient (Wildman–Crippen LogP) is 0.413. The lowest BCUT2D eigenvalue weighted by molar-refractivity contribution is -0.137. The summed E-state index contributed by atoms with van der Waals surface area (Å²) in [4.78, 5) is 24.2. The number of carboxylic acid groups (broad SMARTS) is 1. The van der Waals surface area contributed by atoms with Crippen LogP contribution in [0.1, 0.15) is 17.3 Å². The van der Waals surface area contributed by atoms with E-state index in [4.69, 9.17) is 5.11 Å². The lowest BCUT2D eigenvalue weighted by Crippen LogP contribution is -2.35. The Labute approximate surface area is 114 Å². The van der Waals surface area contributed by atoms with Crippen LogP contribution in [0.2, 0.25) is 0 Å². The number of aliphatic carboxylic acids is 1. The number of hydrogen-bond acceptors (Lipinski definition) is 5. The molecule has 0 radical (unpaired) electrons. The topological polar surface area (TPSA) is 112 Å². The van der Waals surface area contributed by atoms with Gasteiger partial charge in [0.05, 0.1) is 0 Å². The number of benzene rings is 1. The molecule has 0 fully saturated rings. The molecule has 2 aromatic rings. The highest BCUT2D eigenvalue weighted by Gasteiger charge is 2.17. The molecule has 1 amide bonds. The SMILES string of the molecule is CCN(CC(=O)O)C(=O)c1cccc(-c2nn[nH]n2)c1. The zero-order valence-electron chi connectivity index (χ0n) is 10.8. The van der Waals surface area contributed by atoms with Gasteiger partial charge >= 0.3 is 5.97 Å². The highest BCUT2D eigenvalue weighted by Crippen LogP contribution is 2.16. The minimum absolute atomic E-state index is 0.317. The molecule has 1 aromatic carbocycles. The molecule has 20 heavy (non-hydrogen) atoms. The molecule has 8 heteroatoms. The summed E-state index contributed by atoms with van der Waals surface area (Å²) in [5.41, 5.74) is 1.02. The Morgan fingerprint density at radius 1 is 1.40 bits per heavy atom. The zero-order chi connectivity index (χ0) is 14.5. The number of H-pyrrole nitrogens is 1. The van der Waals surface area contributed by atoms with Gasteiger partial charge in [0.2, 0.25) is 5.82 Å². The number of tetrazole rings is 1. The summed E-state index contributed by atoms with van der Waals surface area (Å²) in [6.07, 6.45) is 0. The first kappa shape index (κ1) is 13.7. The Morgan fingerprint density at radius 3 is 2.80 bits per heavy atom. The first-order valence-corrected chi connectivity index (χ1v) is 5.96. The number of hydrogen-bond donors (Lipinski definition) is 2. The Hall–Kier alpha value is -2.77. The molecule has 104 valence electrons. The number of aromatic amines is 1. The van der Waals surface area contributed by atoms with E-state index in [1.807, 2.05) is 0 Å². The third-order valence-electron chi connectivity index (χ3n) is 2.71. The molecule has 0 saturated carbocycles. The molecule has 1 heterocycles. The summed E-state index contributed by atoms with van der Waals surface area (Å²) in [7, 11) is 0. The number of likely N-dealkylation sites (N-methyl/N-ethyl adjacent to an activating group) is 1. The second kappa shape index (κ2) is 5.91. The lowest BCUT2D eigenvalue weighted by atomic mass is 10.1. The van der Waals surface area contributed by atoms with Gasteiger partial charge in [0.25, 0.3) is 5.91 Å². The van der Waals surface area contributed by atoms with Gasteiger partial charge in [-0.3, -0.25) is 9.59 Å². The van der Waals surface area contributed by atoms with E-state index in [1.165, 1.54) is 4.90 Å². The lowest BCUT2D eigenvalue weighted by Gasteiger charge is -2.18. The van der Waals surface area contributed by atoms with Crippen LogP contribution in [0.5, 0.6) is 0 Å². The van der Waals surface area contributed by atoms with E-state index in [0.717, 1.165) is 0 Å². The minimum atomic E-state index is -1.05. The molecular weight excluding hydrogens is 262 g/mol. The van der Waals surface area contributed by atoms with Gasteiger partial charge in [0, 0.05) is 17.7 Å². The Kier molecular flexibility index (Phi) is 4.04. The monoisotopic (exact) mass is 275 g/mol. The molecule has 0 atom stereocenters. The second-order valence-electron chi connectivity index (χ2n) is 4.03. The molecule has 0 bridgehead atoms. The second-order valence-corrected chi connectivity index (χ2v) is 4.03. The van der Waals surface area contributed by atoms with E-state index in [0.29, 0.717) is 23.5 Å². The van der Waals surface area contributed by atoms with E-state index < -0.39 is 5.97 Å². The number of carbonyl (C=O) groups excluding carboxylic acids is 1. The highest BCUT2D eigenvalue weighted by molar-refractivity contribution is 5.96. The summed E-state index contributed by atoms with van der Waals surface area (Å²) in [5.74, 6) is -1.02. The molecule has 0 aliphatic rings. The van der Waals surface area contributed by atoms with Crippen LogP contribution in [0.25, 0.3) is 11.4 Å². The third kappa shape index (κ3) is 2.97. The van der Waals surface area contributed by atoms with Crippen molar-refractivity contribution in [3.05, 3.63) is 29.8 Å². The van der Waals surface area contributed by atoms with Gasteiger partial charge in [0.15, 0.2) is 0 Å². The molecule has 0 aliphatic carbocycles. The van der Waals surface area contributed by atoms with E-state index >= 15 is 0 Å². The maximum absolute atomic E-state index is 12.2. The zero-order valence-corrected chi connectivity index (χ0v) is 10.8. The number of carboxylic acids is 1. The van der Waals surface area contributed by atoms with Gasteiger partial charge in [0.1, 0.15) is 6.54 Å². The molecule has 1 aromatic heterocycles. The Morgan fingerprint density at radius 2 is 2.20 bits per heavy atom. The van der Waals surface area contributed by atoms with Crippen LogP contribution in [0, 0.1) is 0 Å². The molecule has 8 nitrogen and oxygen atoms in total. The number of carbonyl (C=O) groups is 2. The Balaban J connectivity index is 2.26. The van der Waals surface area contributed by atoms with Gasteiger partial charge in [-0.15, -0.1) is 10.2 Å². The van der Waals surface area contributed by atoms with Gasteiger partial charge < -0.3 is 10.0 Å². The molecule has 0 saturated heterocycles. The van der Waals surface area contributed by atoms with Crippen LogP contribution >= 0.6 is 0 Å². The first-order chi connectivity index (χ1) is 9.61. The van der Waals surface area contributed by atoms with Crippen molar-refractivity contribution in [2.75, 3.05) is 13.1 Å². The number of rotatable bonds is 5. The van der Waals surface area contributed by atoms with Crippen LogP contribution in [0.3, 0.4) is 0 Å². The number of aromatic nitrogens is 4. The van der Waals surface area contributed by atoms with Crippen molar-refractivity contribution >= 4 is 11.9 Å². The van der Waals surface area contributed by atoms with Gasteiger partial charge in [-0.25, -0.2) is 0 Å². The minimum Gasteiger partial charge on any atom is -0.480 e. The third-order valence-corrected chi connectivity index (χ3v) is 2.71. The van der Waals surface area contributed by atoms with E-state index in [-0.39, 0.29) is 12.5 Å². The molecule has 2 rings (SSSR count). The Bertz CT molecular complexity index is 611. The number of amides is 1. The average Bonchev–Trinajstić information content (AvgIpc) is 2.98. The van der Waals surface area contributed by atoms with Crippen molar-refractivity contribution in [2.45, 2.75) is 6.92 Å². The number of nitrogens with one attached hydrogen (secondary N) is 1. The quantitative estimate of drug-likeness (QED) is 0.817. The van der Waals surface area contributed by atoms with Crippen LogP contribution < -0.4 is 0 Å². The van der Waals surface area contributed by atoms with E-state index in [1.54, 1.807) is 31.2 Å². The highest BCUT2D eigenvalue weighted by atomic mass is 16.4. The summed E-state index contributed by atoms with van der Waals surface area (Å²) in [5, 5.41) is 22.2. The standard InChI is InChI=1S/C12H13N5O3/c1-2-17(7-10(18)19)12(20)9-5-3-4-8(6-9)11-13-15-16-14-11/h3-6H,2,7H2,1H3,(H,18,19)(H,13,14,15,16). The first-order valence-electron chi connectivity index (χ1n) is 5.96. The fourth-order valence-electron chi connectivity index (χ4n) is 1.75. The van der Waals surface area contributed by atoms with Crippen LogP contribution in [0.15, 0.2) is 24.3 Å². The maximum Gasteiger partial charge on any atom is 0.323 e. The van der Waals surface area contributed by atoms with Crippen molar-refractivity contribution in [3.8, 4) is 11.4 Å². The van der Waals surface area contributed by atoms with Crippen LogP contribution in [-0.4, -0.2) is 55.6 Å². The summed E-state index contributed by atoms with van der Waals surface area (Å²) < 4.78 is 0. The molecule has 0 spiro atoms.